The van der Waals surface area contributed by atoms with Crippen LogP contribution in [0.3, 0.4) is 0 Å². The molecule has 2 aromatic rings. The first-order valence-electron chi connectivity index (χ1n) is 7.05. The molecule has 0 radical (unpaired) electrons. The van der Waals surface area contributed by atoms with E-state index in [4.69, 9.17) is 5.73 Å². The van der Waals surface area contributed by atoms with Crippen LogP contribution in [0.15, 0.2) is 48.5 Å². The monoisotopic (exact) mass is 284 g/mol. The summed E-state index contributed by atoms with van der Waals surface area (Å²) in [6.07, 6.45) is 0.970. The Morgan fingerprint density at radius 1 is 1.10 bits per heavy atom. The Labute approximate surface area is 123 Å². The highest BCUT2D eigenvalue weighted by Crippen LogP contribution is 2.38. The molecular weight excluding hydrogens is 267 g/mol. The highest BCUT2D eigenvalue weighted by atomic mass is 19.1. The van der Waals surface area contributed by atoms with Crippen molar-refractivity contribution >= 4 is 11.6 Å². The van der Waals surface area contributed by atoms with Crippen molar-refractivity contribution in [3.05, 3.63) is 65.5 Å². The van der Waals surface area contributed by atoms with Crippen LogP contribution in [0, 0.1) is 5.82 Å². The maximum atomic E-state index is 13.0. The summed E-state index contributed by atoms with van der Waals surface area (Å²) in [6.45, 7) is 2.10. The Kier molecular flexibility index (Phi) is 3.47. The fourth-order valence-corrected chi connectivity index (χ4v) is 2.71. The number of nitrogens with zero attached hydrogens (tertiary/aromatic N) is 1. The van der Waals surface area contributed by atoms with E-state index in [1.807, 2.05) is 24.3 Å². The molecule has 3 nitrogen and oxygen atoms in total. The standard InChI is InChI=1S/C17H17FN2O/c1-2-11-3-5-12(6-4-11)16-15(19)17(21)20(16)14-9-7-13(18)8-10-14/h3-10,15-16H,2,19H2,1H3/t15-,16+/m1/s1. The molecule has 1 saturated heterocycles. The van der Waals surface area contributed by atoms with E-state index in [-0.39, 0.29) is 17.8 Å². The molecule has 0 saturated carbocycles. The molecule has 0 bridgehead atoms. The molecule has 1 amide bonds. The second-order valence-electron chi connectivity index (χ2n) is 5.25. The highest BCUT2D eigenvalue weighted by molar-refractivity contribution is 6.05. The summed E-state index contributed by atoms with van der Waals surface area (Å²) in [5.41, 5.74) is 8.88. The largest absolute Gasteiger partial charge is 0.318 e. The predicted octanol–water partition coefficient (Wildman–Crippen LogP) is 2.80. The molecule has 21 heavy (non-hydrogen) atoms. The summed E-state index contributed by atoms with van der Waals surface area (Å²) in [5.74, 6) is -0.453. The number of hydrogen-bond acceptors (Lipinski definition) is 2. The third-order valence-electron chi connectivity index (χ3n) is 3.98. The molecule has 1 aliphatic rings. The molecule has 4 heteroatoms. The van der Waals surface area contributed by atoms with Gasteiger partial charge in [0, 0.05) is 5.69 Å². The van der Waals surface area contributed by atoms with Crippen LogP contribution in [0.5, 0.6) is 0 Å². The molecule has 0 spiro atoms. The molecule has 2 N–H and O–H groups in total. The third-order valence-corrected chi connectivity index (χ3v) is 3.98. The van der Waals surface area contributed by atoms with Gasteiger partial charge in [-0.1, -0.05) is 31.2 Å². The number of β-lactam (4-membered cyclic amide) rings is 1. The number of carbonyl (C=O) groups excluding carboxylic acids is 1. The molecule has 0 aliphatic carbocycles. The molecule has 0 aromatic heterocycles. The van der Waals surface area contributed by atoms with Crippen LogP contribution in [0.1, 0.15) is 24.1 Å². The quantitative estimate of drug-likeness (QED) is 0.881. The molecule has 3 rings (SSSR count). The maximum absolute atomic E-state index is 13.0. The summed E-state index contributed by atoms with van der Waals surface area (Å²) in [5, 5.41) is 0. The van der Waals surface area contributed by atoms with Crippen LogP contribution in [0.25, 0.3) is 0 Å². The van der Waals surface area contributed by atoms with Crippen molar-refractivity contribution in [2.75, 3.05) is 4.90 Å². The van der Waals surface area contributed by atoms with Crippen LogP contribution < -0.4 is 10.6 Å². The Bertz CT molecular complexity index is 651. The first-order chi connectivity index (χ1) is 10.1. The van der Waals surface area contributed by atoms with Crippen molar-refractivity contribution < 1.29 is 9.18 Å². The summed E-state index contributed by atoms with van der Waals surface area (Å²) >= 11 is 0. The van der Waals surface area contributed by atoms with Gasteiger partial charge in [0.15, 0.2) is 0 Å². The van der Waals surface area contributed by atoms with E-state index in [2.05, 4.69) is 6.92 Å². The van der Waals surface area contributed by atoms with Crippen LogP contribution in [0.2, 0.25) is 0 Å². The van der Waals surface area contributed by atoms with Gasteiger partial charge in [-0.3, -0.25) is 4.79 Å². The Morgan fingerprint density at radius 2 is 1.71 bits per heavy atom. The van der Waals surface area contributed by atoms with Crippen molar-refractivity contribution in [3.63, 3.8) is 0 Å². The zero-order valence-electron chi connectivity index (χ0n) is 11.8. The lowest BCUT2D eigenvalue weighted by Crippen LogP contribution is -2.63. The second kappa shape index (κ2) is 5.30. The van der Waals surface area contributed by atoms with Gasteiger partial charge >= 0.3 is 0 Å². The van der Waals surface area contributed by atoms with Gasteiger partial charge in [0.1, 0.15) is 11.9 Å². The summed E-state index contributed by atoms with van der Waals surface area (Å²) in [7, 11) is 0. The molecule has 1 fully saturated rings. The number of rotatable bonds is 3. The fraction of sp³-hybridized carbons (Fsp3) is 0.235. The predicted molar refractivity (Wildman–Crippen MR) is 80.4 cm³/mol. The van der Waals surface area contributed by atoms with Gasteiger partial charge in [-0.05, 0) is 41.8 Å². The minimum absolute atomic E-state index is 0.133. The van der Waals surface area contributed by atoms with Gasteiger partial charge in [-0.15, -0.1) is 0 Å². The topological polar surface area (TPSA) is 46.3 Å². The van der Waals surface area contributed by atoms with Crippen LogP contribution in [-0.4, -0.2) is 11.9 Å². The van der Waals surface area contributed by atoms with Gasteiger partial charge in [0.25, 0.3) is 0 Å². The molecule has 2 atom stereocenters. The Morgan fingerprint density at radius 3 is 2.29 bits per heavy atom. The van der Waals surface area contributed by atoms with Crippen LogP contribution in [0.4, 0.5) is 10.1 Å². The smallest absolute Gasteiger partial charge is 0.247 e. The van der Waals surface area contributed by atoms with Gasteiger partial charge in [-0.25, -0.2) is 4.39 Å². The summed E-state index contributed by atoms with van der Waals surface area (Å²) in [6, 6.07) is 13.3. The number of carbonyl (C=O) groups is 1. The average Bonchev–Trinajstić information content (AvgIpc) is 2.53. The second-order valence-corrected chi connectivity index (χ2v) is 5.25. The van der Waals surface area contributed by atoms with Gasteiger partial charge in [0.2, 0.25) is 5.91 Å². The first kappa shape index (κ1) is 13.8. The minimum atomic E-state index is -0.539. The lowest BCUT2D eigenvalue weighted by atomic mass is 9.88. The number of benzene rings is 2. The van der Waals surface area contributed by atoms with E-state index < -0.39 is 6.04 Å². The van der Waals surface area contributed by atoms with Gasteiger partial charge in [0.05, 0.1) is 6.04 Å². The third kappa shape index (κ3) is 2.32. The molecular formula is C17H17FN2O. The molecule has 0 unspecified atom stereocenters. The Hall–Kier alpha value is -2.20. The zero-order valence-corrected chi connectivity index (χ0v) is 11.8. The van der Waals surface area contributed by atoms with E-state index in [0.29, 0.717) is 5.69 Å². The number of aryl methyl sites for hydroxylation is 1. The van der Waals surface area contributed by atoms with Gasteiger partial charge in [-0.2, -0.15) is 0 Å². The van der Waals surface area contributed by atoms with Crippen molar-refractivity contribution in [1.82, 2.24) is 0 Å². The zero-order chi connectivity index (χ0) is 15.0. The van der Waals surface area contributed by atoms with E-state index in [1.54, 1.807) is 17.0 Å². The highest BCUT2D eigenvalue weighted by Gasteiger charge is 2.46. The minimum Gasteiger partial charge on any atom is -0.318 e. The number of hydrogen-bond donors (Lipinski definition) is 1. The van der Waals surface area contributed by atoms with Crippen molar-refractivity contribution in [2.24, 2.45) is 5.73 Å². The van der Waals surface area contributed by atoms with Crippen molar-refractivity contribution in [1.29, 1.82) is 0 Å². The van der Waals surface area contributed by atoms with E-state index >= 15 is 0 Å². The van der Waals surface area contributed by atoms with E-state index in [9.17, 15) is 9.18 Å². The normalized spacial score (nSPS) is 21.3. The first-order valence-corrected chi connectivity index (χ1v) is 7.05. The SMILES string of the molecule is CCc1ccc([C@H]2[C@@H](N)C(=O)N2c2ccc(F)cc2)cc1. The van der Waals surface area contributed by atoms with Crippen LogP contribution >= 0.6 is 0 Å². The van der Waals surface area contributed by atoms with Gasteiger partial charge < -0.3 is 10.6 Å². The van der Waals surface area contributed by atoms with Crippen molar-refractivity contribution in [3.8, 4) is 0 Å². The Balaban J connectivity index is 1.92. The van der Waals surface area contributed by atoms with Crippen LogP contribution in [-0.2, 0) is 11.2 Å². The lowest BCUT2D eigenvalue weighted by molar-refractivity contribution is -0.126. The summed E-state index contributed by atoms with van der Waals surface area (Å²) in [4.78, 5) is 13.7. The molecule has 108 valence electrons. The maximum Gasteiger partial charge on any atom is 0.247 e. The number of nitrogens with two attached hydrogens (primary N) is 1. The molecule has 2 aromatic carbocycles. The summed E-state index contributed by atoms with van der Waals surface area (Å²) < 4.78 is 13.0. The lowest BCUT2D eigenvalue weighted by Gasteiger charge is -2.45. The van der Waals surface area contributed by atoms with E-state index in [0.717, 1.165) is 12.0 Å². The molecule has 1 heterocycles. The number of halogens is 1. The van der Waals surface area contributed by atoms with E-state index in [1.165, 1.54) is 17.7 Å². The van der Waals surface area contributed by atoms with Crippen molar-refractivity contribution in [2.45, 2.75) is 25.4 Å². The number of amides is 1. The number of anilines is 1. The molecule has 1 aliphatic heterocycles. The average molecular weight is 284 g/mol. The fourth-order valence-electron chi connectivity index (χ4n) is 2.71.